The Balaban J connectivity index is 1.93. The molecule has 0 unspecified atom stereocenters. The number of rotatable bonds is 7. The van der Waals surface area contributed by atoms with Crippen molar-refractivity contribution in [3.63, 3.8) is 0 Å². The number of nitro groups is 1. The topological polar surface area (TPSA) is 116 Å². The third-order valence-corrected chi connectivity index (χ3v) is 4.71. The van der Waals surface area contributed by atoms with Crippen LogP contribution in [-0.4, -0.2) is 35.7 Å². The fourth-order valence-corrected chi connectivity index (χ4v) is 3.00. The van der Waals surface area contributed by atoms with Crippen LogP contribution in [0.25, 0.3) is 0 Å². The first-order chi connectivity index (χ1) is 13.6. The zero-order valence-electron chi connectivity index (χ0n) is 16.7. The van der Waals surface area contributed by atoms with Gasteiger partial charge in [0.15, 0.2) is 6.61 Å². The van der Waals surface area contributed by atoms with Crippen molar-refractivity contribution in [3.8, 4) is 0 Å². The minimum absolute atomic E-state index is 0.0458. The number of carbonyl (C=O) groups excluding carboxylic acids is 3. The van der Waals surface area contributed by atoms with E-state index in [4.69, 9.17) is 4.74 Å². The van der Waals surface area contributed by atoms with Gasteiger partial charge in [-0.1, -0.05) is 12.1 Å². The van der Waals surface area contributed by atoms with Gasteiger partial charge in [-0.15, -0.1) is 0 Å². The summed E-state index contributed by atoms with van der Waals surface area (Å²) >= 11 is 0. The van der Waals surface area contributed by atoms with Gasteiger partial charge in [0, 0.05) is 23.3 Å². The predicted octanol–water partition coefficient (Wildman–Crippen LogP) is 2.98. The molecule has 0 saturated heterocycles. The van der Waals surface area contributed by atoms with E-state index in [1.54, 1.807) is 0 Å². The fourth-order valence-electron chi connectivity index (χ4n) is 3.00. The number of carbonyl (C=O) groups is 3. The van der Waals surface area contributed by atoms with Gasteiger partial charge < -0.3 is 10.1 Å². The number of hydrogen-bond donors (Lipinski definition) is 1. The Kier molecular flexibility index (Phi) is 6.82. The average molecular weight is 398 g/mol. The number of ketones is 1. The van der Waals surface area contributed by atoms with Crippen molar-refractivity contribution in [1.29, 1.82) is 0 Å². The van der Waals surface area contributed by atoms with E-state index in [2.05, 4.69) is 5.32 Å². The molecular formula is C21H22N2O6. The Labute approximate surface area is 168 Å². The molecule has 0 aliphatic heterocycles. The van der Waals surface area contributed by atoms with Crippen LogP contribution < -0.4 is 5.32 Å². The quantitative estimate of drug-likeness (QED) is 0.332. The lowest BCUT2D eigenvalue weighted by Crippen LogP contribution is -2.31. The summed E-state index contributed by atoms with van der Waals surface area (Å²) in [5.74, 6) is -1.75. The molecule has 0 saturated carbocycles. The molecule has 0 spiro atoms. The first-order valence-corrected chi connectivity index (χ1v) is 8.90. The summed E-state index contributed by atoms with van der Waals surface area (Å²) in [6.45, 7) is 6.68. The number of ether oxygens (including phenoxy) is 1. The number of nitrogens with one attached hydrogen (secondary N) is 1. The Morgan fingerprint density at radius 2 is 1.72 bits per heavy atom. The molecule has 8 nitrogen and oxygen atoms in total. The molecular weight excluding hydrogens is 376 g/mol. The van der Waals surface area contributed by atoms with Crippen molar-refractivity contribution >= 4 is 23.3 Å². The molecule has 152 valence electrons. The largest absolute Gasteiger partial charge is 0.456 e. The number of Topliss-reactive ketones (excluding diaryl/α,β-unsaturated/α-hetero) is 1. The Bertz CT molecular complexity index is 997. The van der Waals surface area contributed by atoms with Crippen LogP contribution in [0.3, 0.4) is 0 Å². The number of aryl methyl sites for hydroxylation is 2. The second-order valence-electron chi connectivity index (χ2n) is 6.71. The molecule has 0 fully saturated rings. The van der Waals surface area contributed by atoms with Gasteiger partial charge in [0.05, 0.1) is 4.92 Å². The van der Waals surface area contributed by atoms with Gasteiger partial charge in [0.2, 0.25) is 5.78 Å². The summed E-state index contributed by atoms with van der Waals surface area (Å²) in [5.41, 5.74) is 4.09. The number of non-ortho nitro benzene ring substituents is 1. The molecule has 0 heterocycles. The molecule has 2 aromatic carbocycles. The van der Waals surface area contributed by atoms with Crippen molar-refractivity contribution in [3.05, 3.63) is 73.8 Å². The lowest BCUT2D eigenvalue weighted by Gasteiger charge is -2.14. The van der Waals surface area contributed by atoms with Gasteiger partial charge in [-0.25, -0.2) is 0 Å². The number of nitrogens with zero attached hydrogens (tertiary/aromatic N) is 1. The molecule has 0 radical (unpaired) electrons. The van der Waals surface area contributed by atoms with E-state index in [0.29, 0.717) is 5.56 Å². The van der Waals surface area contributed by atoms with Gasteiger partial charge in [-0.3, -0.25) is 24.5 Å². The highest BCUT2D eigenvalue weighted by molar-refractivity contribution is 6.01. The van der Waals surface area contributed by atoms with Crippen molar-refractivity contribution in [1.82, 2.24) is 5.32 Å². The maximum Gasteiger partial charge on any atom is 0.325 e. The van der Waals surface area contributed by atoms with Crippen LogP contribution in [0.4, 0.5) is 5.69 Å². The van der Waals surface area contributed by atoms with Crippen molar-refractivity contribution in [2.24, 2.45) is 0 Å². The Morgan fingerprint density at radius 3 is 2.38 bits per heavy atom. The maximum absolute atomic E-state index is 12.5. The lowest BCUT2D eigenvalue weighted by molar-refractivity contribution is -0.384. The summed E-state index contributed by atoms with van der Waals surface area (Å²) in [6.07, 6.45) is 0. The minimum atomic E-state index is -0.781. The first kappa shape index (κ1) is 21.7. The van der Waals surface area contributed by atoms with Crippen molar-refractivity contribution in [2.75, 3.05) is 13.2 Å². The van der Waals surface area contributed by atoms with Gasteiger partial charge >= 0.3 is 5.97 Å². The second-order valence-corrected chi connectivity index (χ2v) is 6.71. The van der Waals surface area contributed by atoms with Gasteiger partial charge in [0.25, 0.3) is 11.6 Å². The summed E-state index contributed by atoms with van der Waals surface area (Å²) in [6, 6.07) is 7.04. The van der Waals surface area contributed by atoms with Crippen LogP contribution in [0.15, 0.2) is 30.3 Å². The van der Waals surface area contributed by atoms with Crippen LogP contribution in [0.1, 0.15) is 43.0 Å². The van der Waals surface area contributed by atoms with E-state index in [0.717, 1.165) is 28.3 Å². The number of esters is 1. The van der Waals surface area contributed by atoms with Crippen molar-refractivity contribution in [2.45, 2.75) is 27.7 Å². The van der Waals surface area contributed by atoms with E-state index in [1.807, 2.05) is 33.8 Å². The van der Waals surface area contributed by atoms with Crippen LogP contribution in [0, 0.1) is 37.8 Å². The third kappa shape index (κ3) is 5.25. The summed E-state index contributed by atoms with van der Waals surface area (Å²) in [7, 11) is 0. The zero-order chi connectivity index (χ0) is 21.7. The number of hydrogen-bond acceptors (Lipinski definition) is 6. The van der Waals surface area contributed by atoms with E-state index in [1.165, 1.54) is 18.2 Å². The standard InChI is InChI=1S/C21H22N2O6/c1-12-8-13(2)20(15(4)14(12)3)18(24)11-29-19(25)10-22-21(26)16-6-5-7-17(9-16)23(27)28/h5-9H,10-11H2,1-4H3,(H,22,26). The molecule has 0 aliphatic rings. The smallest absolute Gasteiger partial charge is 0.325 e. The summed E-state index contributed by atoms with van der Waals surface area (Å²) < 4.78 is 4.98. The van der Waals surface area contributed by atoms with E-state index in [-0.39, 0.29) is 17.0 Å². The fraction of sp³-hybridized carbons (Fsp3) is 0.286. The molecule has 0 aliphatic carbocycles. The molecule has 2 aromatic rings. The van der Waals surface area contributed by atoms with E-state index >= 15 is 0 Å². The Morgan fingerprint density at radius 1 is 1.03 bits per heavy atom. The van der Waals surface area contributed by atoms with Crippen LogP contribution >= 0.6 is 0 Å². The van der Waals surface area contributed by atoms with Gasteiger partial charge in [-0.05, 0) is 56.0 Å². The molecule has 8 heteroatoms. The third-order valence-electron chi connectivity index (χ3n) is 4.71. The molecule has 29 heavy (non-hydrogen) atoms. The van der Waals surface area contributed by atoms with E-state index < -0.39 is 30.0 Å². The highest BCUT2D eigenvalue weighted by Crippen LogP contribution is 2.22. The SMILES string of the molecule is Cc1cc(C)c(C(=O)COC(=O)CNC(=O)c2cccc([N+](=O)[O-])c2)c(C)c1C. The second kappa shape index (κ2) is 9.09. The molecule has 0 atom stereocenters. The van der Waals surface area contributed by atoms with E-state index in [9.17, 15) is 24.5 Å². The van der Waals surface area contributed by atoms with Gasteiger partial charge in [-0.2, -0.15) is 0 Å². The van der Waals surface area contributed by atoms with Crippen LogP contribution in [-0.2, 0) is 9.53 Å². The van der Waals surface area contributed by atoms with Crippen molar-refractivity contribution < 1.29 is 24.0 Å². The number of nitro benzene ring substituents is 1. The maximum atomic E-state index is 12.5. The molecule has 2 rings (SSSR count). The normalized spacial score (nSPS) is 10.3. The monoisotopic (exact) mass is 398 g/mol. The summed E-state index contributed by atoms with van der Waals surface area (Å²) in [5, 5.41) is 13.1. The predicted molar refractivity (Wildman–Crippen MR) is 106 cm³/mol. The summed E-state index contributed by atoms with van der Waals surface area (Å²) in [4.78, 5) is 46.5. The Hall–Kier alpha value is -3.55. The molecule has 0 bridgehead atoms. The molecule has 1 N–H and O–H groups in total. The van der Waals surface area contributed by atoms with Crippen LogP contribution in [0.2, 0.25) is 0 Å². The first-order valence-electron chi connectivity index (χ1n) is 8.90. The molecule has 1 amide bonds. The average Bonchev–Trinajstić information content (AvgIpc) is 2.68. The zero-order valence-corrected chi connectivity index (χ0v) is 16.7. The number of benzene rings is 2. The molecule has 0 aromatic heterocycles. The highest BCUT2D eigenvalue weighted by Gasteiger charge is 2.18. The lowest BCUT2D eigenvalue weighted by atomic mass is 9.92. The highest BCUT2D eigenvalue weighted by atomic mass is 16.6. The van der Waals surface area contributed by atoms with Gasteiger partial charge in [0.1, 0.15) is 6.54 Å². The number of amides is 1. The van der Waals surface area contributed by atoms with Crippen LogP contribution in [0.5, 0.6) is 0 Å². The minimum Gasteiger partial charge on any atom is -0.456 e.